The molecule has 2 heterocycles. The molecule has 0 saturated heterocycles. The zero-order valence-corrected chi connectivity index (χ0v) is 19.1. The summed E-state index contributed by atoms with van der Waals surface area (Å²) in [7, 11) is 0. The summed E-state index contributed by atoms with van der Waals surface area (Å²) in [6, 6.07) is 29.0. The second-order valence-electron chi connectivity index (χ2n) is 10.1. The fourth-order valence-corrected chi connectivity index (χ4v) is 5.82. The zero-order chi connectivity index (χ0) is 22.3. The van der Waals surface area contributed by atoms with E-state index in [1.807, 2.05) is 12.4 Å². The Morgan fingerprint density at radius 3 is 2.18 bits per heavy atom. The summed E-state index contributed by atoms with van der Waals surface area (Å²) < 4.78 is 2.48. The summed E-state index contributed by atoms with van der Waals surface area (Å²) >= 11 is 0. The van der Waals surface area contributed by atoms with Gasteiger partial charge in [0.1, 0.15) is 0 Å². The van der Waals surface area contributed by atoms with Gasteiger partial charge in [-0.2, -0.15) is 0 Å². The van der Waals surface area contributed by atoms with Gasteiger partial charge in [0, 0.05) is 28.7 Å². The normalized spacial score (nSPS) is 12.7. The molecule has 0 atom stereocenters. The van der Waals surface area contributed by atoms with Crippen molar-refractivity contribution in [3.05, 3.63) is 91.3 Å². The molecule has 0 spiro atoms. The second-order valence-corrected chi connectivity index (χ2v) is 10.1. The third-order valence-corrected chi connectivity index (χ3v) is 7.07. The molecule has 0 N–H and O–H groups in total. The first-order valence-electron chi connectivity index (χ1n) is 11.6. The lowest BCUT2D eigenvalue weighted by atomic mass is 9.88. The smallest absolute Gasteiger partial charge is 0.0527 e. The number of aromatic nitrogens is 2. The molecular formula is C31H24N2. The molecule has 0 fully saturated rings. The minimum Gasteiger partial charge on any atom is -0.335 e. The van der Waals surface area contributed by atoms with Gasteiger partial charge in [0.05, 0.1) is 11.0 Å². The van der Waals surface area contributed by atoms with E-state index in [0.717, 1.165) is 0 Å². The van der Waals surface area contributed by atoms with Crippen LogP contribution < -0.4 is 0 Å². The maximum atomic E-state index is 4.51. The van der Waals surface area contributed by atoms with Gasteiger partial charge in [-0.25, -0.2) is 0 Å². The Kier molecular flexibility index (Phi) is 3.57. The standard InChI is InChI=1S/C31H24N2/c1-31(2,3)33-26-15-16-32-18-25(26)30-24-14-10-20-9-12-22(19-7-5-4-6-8-19)23-13-11-21(17-27(30)33)29(24)28(20)23/h4-18H,1-3H3. The average Bonchev–Trinajstić information content (AvgIpc) is 3.17. The highest BCUT2D eigenvalue weighted by molar-refractivity contribution is 6.33. The molecule has 33 heavy (non-hydrogen) atoms. The van der Waals surface area contributed by atoms with Crippen LogP contribution in [0.15, 0.2) is 91.3 Å². The van der Waals surface area contributed by atoms with Crippen LogP contribution in [0.25, 0.3) is 65.3 Å². The molecule has 0 aliphatic carbocycles. The lowest BCUT2D eigenvalue weighted by molar-refractivity contribution is 0.423. The van der Waals surface area contributed by atoms with E-state index in [1.165, 1.54) is 65.3 Å². The van der Waals surface area contributed by atoms with E-state index < -0.39 is 0 Å². The molecule has 0 aliphatic rings. The molecule has 0 bridgehead atoms. The van der Waals surface area contributed by atoms with E-state index in [4.69, 9.17) is 0 Å². The van der Waals surface area contributed by atoms with Crippen LogP contribution in [0.5, 0.6) is 0 Å². The van der Waals surface area contributed by atoms with E-state index in [1.54, 1.807) is 0 Å². The van der Waals surface area contributed by atoms with Crippen molar-refractivity contribution in [2.45, 2.75) is 26.3 Å². The molecule has 158 valence electrons. The lowest BCUT2D eigenvalue weighted by Crippen LogP contribution is -2.21. The molecule has 2 nitrogen and oxygen atoms in total. The van der Waals surface area contributed by atoms with Crippen molar-refractivity contribution in [2.75, 3.05) is 0 Å². The third-order valence-electron chi connectivity index (χ3n) is 7.07. The Balaban J connectivity index is 1.73. The van der Waals surface area contributed by atoms with Gasteiger partial charge in [0.2, 0.25) is 0 Å². The number of rotatable bonds is 1. The van der Waals surface area contributed by atoms with Crippen molar-refractivity contribution in [2.24, 2.45) is 0 Å². The van der Waals surface area contributed by atoms with E-state index in [2.05, 4.69) is 109 Å². The number of benzene rings is 5. The Hall–Kier alpha value is -3.91. The van der Waals surface area contributed by atoms with Gasteiger partial charge < -0.3 is 4.57 Å². The molecule has 5 aromatic carbocycles. The average molecular weight is 425 g/mol. The summed E-state index contributed by atoms with van der Waals surface area (Å²) in [6.45, 7) is 6.84. The molecule has 0 saturated carbocycles. The number of hydrogen-bond acceptors (Lipinski definition) is 1. The van der Waals surface area contributed by atoms with Crippen molar-refractivity contribution in [1.29, 1.82) is 0 Å². The van der Waals surface area contributed by atoms with Crippen LogP contribution in [-0.4, -0.2) is 9.55 Å². The summed E-state index contributed by atoms with van der Waals surface area (Å²) in [4.78, 5) is 4.51. The summed E-state index contributed by atoms with van der Waals surface area (Å²) in [5.74, 6) is 0. The number of fused-ring (bicyclic) bond motifs is 4. The third kappa shape index (κ3) is 2.46. The van der Waals surface area contributed by atoms with Crippen LogP contribution in [0, 0.1) is 0 Å². The van der Waals surface area contributed by atoms with Crippen LogP contribution in [0.2, 0.25) is 0 Å². The predicted octanol–water partition coefficient (Wildman–Crippen LogP) is 8.51. The highest BCUT2D eigenvalue weighted by atomic mass is 15.0. The Morgan fingerprint density at radius 2 is 1.36 bits per heavy atom. The number of pyridine rings is 1. The quantitative estimate of drug-likeness (QED) is 0.242. The highest BCUT2D eigenvalue weighted by Gasteiger charge is 2.23. The van der Waals surface area contributed by atoms with Crippen molar-refractivity contribution < 1.29 is 0 Å². The predicted molar refractivity (Wildman–Crippen MR) is 141 cm³/mol. The Bertz CT molecular complexity index is 1830. The van der Waals surface area contributed by atoms with Crippen LogP contribution in [0.3, 0.4) is 0 Å². The van der Waals surface area contributed by atoms with E-state index in [0.29, 0.717) is 0 Å². The van der Waals surface area contributed by atoms with E-state index >= 15 is 0 Å². The second kappa shape index (κ2) is 6.32. The van der Waals surface area contributed by atoms with Crippen LogP contribution in [0.1, 0.15) is 20.8 Å². The molecule has 0 unspecified atom stereocenters. The highest BCUT2D eigenvalue weighted by Crippen LogP contribution is 2.45. The van der Waals surface area contributed by atoms with E-state index in [-0.39, 0.29) is 5.54 Å². The SMILES string of the molecule is CC(C)(C)n1c2ccncc2c2c3ccc4ccc(-c5ccccc5)c5ccc(cc21)c3c45. The molecular weight excluding hydrogens is 400 g/mol. The molecule has 0 aliphatic heterocycles. The maximum Gasteiger partial charge on any atom is 0.0527 e. The molecule has 0 radical (unpaired) electrons. The van der Waals surface area contributed by atoms with Crippen LogP contribution in [0.4, 0.5) is 0 Å². The minimum atomic E-state index is -0.0391. The van der Waals surface area contributed by atoms with Gasteiger partial charge in [0.15, 0.2) is 0 Å². The van der Waals surface area contributed by atoms with Gasteiger partial charge >= 0.3 is 0 Å². The first-order valence-corrected chi connectivity index (χ1v) is 11.6. The van der Waals surface area contributed by atoms with Gasteiger partial charge in [-0.1, -0.05) is 66.7 Å². The van der Waals surface area contributed by atoms with Crippen LogP contribution in [-0.2, 0) is 5.54 Å². The van der Waals surface area contributed by atoms with Gasteiger partial charge in [-0.15, -0.1) is 0 Å². The summed E-state index contributed by atoms with van der Waals surface area (Å²) in [6.07, 6.45) is 3.94. The fraction of sp³-hybridized carbons (Fsp3) is 0.129. The van der Waals surface area contributed by atoms with E-state index in [9.17, 15) is 0 Å². The Morgan fingerprint density at radius 1 is 0.636 bits per heavy atom. The molecule has 7 aromatic rings. The molecule has 0 amide bonds. The van der Waals surface area contributed by atoms with Crippen molar-refractivity contribution in [1.82, 2.24) is 9.55 Å². The lowest BCUT2D eigenvalue weighted by Gasteiger charge is -2.24. The monoisotopic (exact) mass is 424 g/mol. The summed E-state index contributed by atoms with van der Waals surface area (Å²) in [5.41, 5.74) is 5.03. The van der Waals surface area contributed by atoms with Crippen molar-refractivity contribution in [3.8, 4) is 11.1 Å². The minimum absolute atomic E-state index is 0.0391. The van der Waals surface area contributed by atoms with Gasteiger partial charge in [0.25, 0.3) is 0 Å². The largest absolute Gasteiger partial charge is 0.335 e. The molecule has 2 heteroatoms. The zero-order valence-electron chi connectivity index (χ0n) is 19.1. The molecule has 7 rings (SSSR count). The number of hydrogen-bond donors (Lipinski definition) is 0. The van der Waals surface area contributed by atoms with Crippen molar-refractivity contribution >= 4 is 54.1 Å². The van der Waals surface area contributed by atoms with Gasteiger partial charge in [-0.05, 0) is 76.3 Å². The number of nitrogens with zero attached hydrogens (tertiary/aromatic N) is 2. The first kappa shape index (κ1) is 18.6. The van der Waals surface area contributed by atoms with Gasteiger partial charge in [-0.3, -0.25) is 4.98 Å². The Labute approximate surface area is 192 Å². The maximum absolute atomic E-state index is 4.51. The summed E-state index contributed by atoms with van der Waals surface area (Å²) in [5, 5.41) is 10.5. The molecule has 2 aromatic heterocycles. The topological polar surface area (TPSA) is 17.8 Å². The van der Waals surface area contributed by atoms with Crippen molar-refractivity contribution in [3.63, 3.8) is 0 Å². The first-order chi connectivity index (χ1) is 16.0. The fourth-order valence-electron chi connectivity index (χ4n) is 5.82. The van der Waals surface area contributed by atoms with Crippen LogP contribution >= 0.6 is 0 Å².